The van der Waals surface area contributed by atoms with Crippen LogP contribution in [0.4, 0.5) is 13.9 Å². The van der Waals surface area contributed by atoms with Gasteiger partial charge in [0.2, 0.25) is 5.91 Å². The van der Waals surface area contributed by atoms with Gasteiger partial charge in [-0.1, -0.05) is 68.4 Å². The quantitative estimate of drug-likeness (QED) is 0.349. The molecule has 1 amide bonds. The van der Waals surface area contributed by atoms with E-state index in [2.05, 4.69) is 10.3 Å². The lowest BCUT2D eigenvalue weighted by atomic mass is 9.70. The van der Waals surface area contributed by atoms with Crippen LogP contribution in [0, 0.1) is 17.0 Å². The highest BCUT2D eigenvalue weighted by Gasteiger charge is 2.39. The van der Waals surface area contributed by atoms with Crippen molar-refractivity contribution in [2.45, 2.75) is 19.8 Å². The Bertz CT molecular complexity index is 1160. The van der Waals surface area contributed by atoms with Crippen molar-refractivity contribution in [3.63, 3.8) is 0 Å². The number of carbonyl (C=O) groups excluding carboxylic acids is 1. The van der Waals surface area contributed by atoms with E-state index in [1.54, 1.807) is 24.3 Å². The summed E-state index contributed by atoms with van der Waals surface area (Å²) in [6, 6.07) is 21.9. The van der Waals surface area contributed by atoms with Crippen LogP contribution < -0.4 is 5.32 Å². The second kappa shape index (κ2) is 9.01. The molecule has 0 fully saturated rings. The monoisotopic (exact) mass is 448 g/mol. The number of halogens is 2. The Kier molecular flexibility index (Phi) is 6.15. The van der Waals surface area contributed by atoms with E-state index in [1.165, 1.54) is 35.6 Å². The number of anilines is 1. The van der Waals surface area contributed by atoms with E-state index in [0.717, 1.165) is 22.4 Å². The zero-order valence-corrected chi connectivity index (χ0v) is 18.5. The minimum atomic E-state index is -0.936. The van der Waals surface area contributed by atoms with Crippen LogP contribution >= 0.6 is 11.3 Å². The van der Waals surface area contributed by atoms with Crippen LogP contribution in [0.3, 0.4) is 0 Å². The molecule has 3 nitrogen and oxygen atoms in total. The minimum absolute atomic E-state index is 0.231. The summed E-state index contributed by atoms with van der Waals surface area (Å²) in [7, 11) is 0. The molecule has 4 rings (SSSR count). The molecule has 1 aromatic heterocycles. The number of hydrogen-bond donors (Lipinski definition) is 1. The molecule has 0 bridgehead atoms. The first kappa shape index (κ1) is 21.8. The standard InChI is InChI=1S/C26H22F2N2OS/c1-26(2,24(31)30-25-29-22(16-32-25)17-6-4-3-5-7-17)23(18-8-12-20(27)13-9-18)19-10-14-21(28)15-11-19/h3-16,23H,1-2H3,(H,29,30,31). The molecular weight excluding hydrogens is 426 g/mol. The fraction of sp³-hybridized carbons (Fsp3) is 0.154. The average molecular weight is 449 g/mol. The Balaban J connectivity index is 1.64. The maximum Gasteiger partial charge on any atom is 0.232 e. The number of benzene rings is 3. The molecule has 3 aromatic carbocycles. The average Bonchev–Trinajstić information content (AvgIpc) is 3.25. The van der Waals surface area contributed by atoms with Crippen molar-refractivity contribution < 1.29 is 13.6 Å². The van der Waals surface area contributed by atoms with Crippen molar-refractivity contribution in [3.05, 3.63) is 107 Å². The van der Waals surface area contributed by atoms with Gasteiger partial charge in [-0.15, -0.1) is 11.3 Å². The summed E-state index contributed by atoms with van der Waals surface area (Å²) in [5.41, 5.74) is 2.36. The second-order valence-electron chi connectivity index (χ2n) is 8.12. The molecule has 0 saturated carbocycles. The van der Waals surface area contributed by atoms with Gasteiger partial charge in [0, 0.05) is 16.9 Å². The van der Waals surface area contributed by atoms with Crippen molar-refractivity contribution in [2.24, 2.45) is 5.41 Å². The number of nitrogens with zero attached hydrogens (tertiary/aromatic N) is 1. The van der Waals surface area contributed by atoms with Gasteiger partial charge in [0.25, 0.3) is 0 Å². The van der Waals surface area contributed by atoms with Gasteiger partial charge >= 0.3 is 0 Å². The number of thiazole rings is 1. The summed E-state index contributed by atoms with van der Waals surface area (Å²) in [5.74, 6) is -1.36. The third kappa shape index (κ3) is 4.60. The molecular formula is C26H22F2N2OS. The summed E-state index contributed by atoms with van der Waals surface area (Å²) in [5, 5.41) is 5.33. The predicted molar refractivity (Wildman–Crippen MR) is 125 cm³/mol. The molecule has 0 unspecified atom stereocenters. The summed E-state index contributed by atoms with van der Waals surface area (Å²) < 4.78 is 27.1. The fourth-order valence-corrected chi connectivity index (χ4v) is 4.51. The molecule has 6 heteroatoms. The third-order valence-electron chi connectivity index (χ3n) is 5.51. The number of hydrogen-bond acceptors (Lipinski definition) is 3. The largest absolute Gasteiger partial charge is 0.301 e. The van der Waals surface area contributed by atoms with Crippen LogP contribution in [-0.4, -0.2) is 10.9 Å². The van der Waals surface area contributed by atoms with Gasteiger partial charge < -0.3 is 5.32 Å². The van der Waals surface area contributed by atoms with Gasteiger partial charge in [-0.25, -0.2) is 13.8 Å². The van der Waals surface area contributed by atoms with Crippen LogP contribution in [0.2, 0.25) is 0 Å². The highest BCUT2D eigenvalue weighted by molar-refractivity contribution is 7.14. The van der Waals surface area contributed by atoms with E-state index in [-0.39, 0.29) is 17.5 Å². The summed E-state index contributed by atoms with van der Waals surface area (Å²) in [4.78, 5) is 18.0. The molecule has 32 heavy (non-hydrogen) atoms. The Morgan fingerprint density at radius 1 is 0.875 bits per heavy atom. The molecule has 0 aliphatic heterocycles. The zero-order valence-electron chi connectivity index (χ0n) is 17.7. The second-order valence-corrected chi connectivity index (χ2v) is 8.97. The van der Waals surface area contributed by atoms with E-state index in [1.807, 2.05) is 49.6 Å². The number of amides is 1. The van der Waals surface area contributed by atoms with E-state index in [0.29, 0.717) is 5.13 Å². The first-order valence-corrected chi connectivity index (χ1v) is 11.1. The smallest absolute Gasteiger partial charge is 0.232 e. The molecule has 4 aromatic rings. The lowest BCUT2D eigenvalue weighted by Crippen LogP contribution is -2.37. The van der Waals surface area contributed by atoms with Gasteiger partial charge in [0.1, 0.15) is 11.6 Å². The van der Waals surface area contributed by atoms with E-state index < -0.39 is 11.3 Å². The lowest BCUT2D eigenvalue weighted by molar-refractivity contribution is -0.124. The van der Waals surface area contributed by atoms with Crippen LogP contribution in [0.1, 0.15) is 30.9 Å². The highest BCUT2D eigenvalue weighted by Crippen LogP contribution is 2.42. The number of aromatic nitrogens is 1. The molecule has 0 aliphatic carbocycles. The van der Waals surface area contributed by atoms with Gasteiger partial charge in [0.15, 0.2) is 5.13 Å². The van der Waals surface area contributed by atoms with Gasteiger partial charge in [-0.05, 0) is 35.4 Å². The van der Waals surface area contributed by atoms with Crippen LogP contribution in [-0.2, 0) is 4.79 Å². The summed E-state index contributed by atoms with van der Waals surface area (Å²) in [6.45, 7) is 3.65. The highest BCUT2D eigenvalue weighted by atomic mass is 32.1. The van der Waals surface area contributed by atoms with Crippen molar-refractivity contribution in [3.8, 4) is 11.3 Å². The maximum atomic E-state index is 13.6. The Morgan fingerprint density at radius 2 is 1.41 bits per heavy atom. The maximum absolute atomic E-state index is 13.6. The SMILES string of the molecule is CC(C)(C(=O)Nc1nc(-c2ccccc2)cs1)C(c1ccc(F)cc1)c1ccc(F)cc1. The van der Waals surface area contributed by atoms with Gasteiger partial charge in [-0.3, -0.25) is 4.79 Å². The first-order chi connectivity index (χ1) is 15.3. The Labute approximate surface area is 189 Å². The fourth-order valence-electron chi connectivity index (χ4n) is 3.80. The number of rotatable bonds is 6. The molecule has 0 aliphatic rings. The molecule has 0 atom stereocenters. The predicted octanol–water partition coefficient (Wildman–Crippen LogP) is 6.89. The van der Waals surface area contributed by atoms with Crippen LogP contribution in [0.25, 0.3) is 11.3 Å². The molecule has 0 spiro atoms. The van der Waals surface area contributed by atoms with Gasteiger partial charge in [0.05, 0.1) is 11.1 Å². The van der Waals surface area contributed by atoms with E-state index in [4.69, 9.17) is 0 Å². The zero-order chi connectivity index (χ0) is 22.7. The number of nitrogens with one attached hydrogen (secondary N) is 1. The summed E-state index contributed by atoms with van der Waals surface area (Å²) >= 11 is 1.35. The summed E-state index contributed by atoms with van der Waals surface area (Å²) in [6.07, 6.45) is 0. The molecule has 1 N–H and O–H groups in total. The molecule has 162 valence electrons. The minimum Gasteiger partial charge on any atom is -0.301 e. The number of carbonyl (C=O) groups is 1. The lowest BCUT2D eigenvalue weighted by Gasteiger charge is -2.33. The van der Waals surface area contributed by atoms with Gasteiger partial charge in [-0.2, -0.15) is 0 Å². The third-order valence-corrected chi connectivity index (χ3v) is 6.27. The van der Waals surface area contributed by atoms with E-state index in [9.17, 15) is 13.6 Å². The normalized spacial score (nSPS) is 11.5. The van der Waals surface area contributed by atoms with E-state index >= 15 is 0 Å². The van der Waals surface area contributed by atoms with Crippen LogP contribution in [0.5, 0.6) is 0 Å². The van der Waals surface area contributed by atoms with Crippen molar-refractivity contribution in [1.82, 2.24) is 4.98 Å². The molecule has 0 radical (unpaired) electrons. The Morgan fingerprint density at radius 3 is 1.94 bits per heavy atom. The molecule has 1 heterocycles. The molecule has 0 saturated heterocycles. The van der Waals surface area contributed by atoms with Crippen molar-refractivity contribution >= 4 is 22.4 Å². The van der Waals surface area contributed by atoms with Crippen molar-refractivity contribution in [1.29, 1.82) is 0 Å². The topological polar surface area (TPSA) is 42.0 Å². The first-order valence-electron chi connectivity index (χ1n) is 10.2. The van der Waals surface area contributed by atoms with Crippen LogP contribution in [0.15, 0.2) is 84.2 Å². The Hall–Kier alpha value is -3.38. The van der Waals surface area contributed by atoms with Crippen molar-refractivity contribution in [2.75, 3.05) is 5.32 Å².